The number of hydrogen-bond donors (Lipinski definition) is 1. The average molecular weight is 134 g/mol. The fraction of sp³-hybridized carbons (Fsp3) is 0.143. The van der Waals surface area contributed by atoms with Crippen molar-refractivity contribution in [2.75, 3.05) is 0 Å². The van der Waals surface area contributed by atoms with E-state index in [1.807, 2.05) is 25.4 Å². The van der Waals surface area contributed by atoms with Crippen molar-refractivity contribution >= 4 is 11.0 Å². The molecular formula is C7H8N3+. The van der Waals surface area contributed by atoms with Crippen LogP contribution in [-0.2, 0) is 0 Å². The van der Waals surface area contributed by atoms with Crippen LogP contribution in [0.3, 0.4) is 0 Å². The summed E-state index contributed by atoms with van der Waals surface area (Å²) >= 11 is 0. The Kier molecular flexibility index (Phi) is 0.974. The van der Waals surface area contributed by atoms with Crippen LogP contribution in [0.15, 0.2) is 18.5 Å². The van der Waals surface area contributed by atoms with Crippen LogP contribution in [0.2, 0.25) is 0 Å². The third-order valence-corrected chi connectivity index (χ3v) is 1.47. The third-order valence-electron chi connectivity index (χ3n) is 1.47. The molecule has 3 heteroatoms. The molecule has 0 bridgehead atoms. The van der Waals surface area contributed by atoms with E-state index in [9.17, 15) is 0 Å². The van der Waals surface area contributed by atoms with Gasteiger partial charge in [-0.25, -0.2) is 4.98 Å². The molecule has 2 rings (SSSR count). The lowest BCUT2D eigenvalue weighted by Crippen LogP contribution is -2.07. The minimum absolute atomic E-state index is 0.937. The maximum absolute atomic E-state index is 4.25. The zero-order valence-corrected chi connectivity index (χ0v) is 5.68. The average Bonchev–Trinajstić information content (AvgIpc) is 2.33. The number of aromatic nitrogens is 3. The molecule has 2 N–H and O–H groups in total. The number of nitrogens with one attached hydrogen (secondary N) is 2. The first-order valence-corrected chi connectivity index (χ1v) is 3.19. The molecule has 0 amide bonds. The van der Waals surface area contributed by atoms with Crippen LogP contribution in [-0.4, -0.2) is 9.97 Å². The monoisotopic (exact) mass is 134 g/mol. The van der Waals surface area contributed by atoms with Crippen LogP contribution in [0.4, 0.5) is 0 Å². The molecule has 50 valence electrons. The molecule has 0 aliphatic carbocycles. The Hall–Kier alpha value is -1.38. The predicted molar refractivity (Wildman–Crippen MR) is 37.4 cm³/mol. The summed E-state index contributed by atoms with van der Waals surface area (Å²) in [5.41, 5.74) is 2.06. The van der Waals surface area contributed by atoms with Gasteiger partial charge in [-0.3, -0.25) is 0 Å². The highest BCUT2D eigenvalue weighted by Crippen LogP contribution is 2.03. The maximum atomic E-state index is 4.25. The summed E-state index contributed by atoms with van der Waals surface area (Å²) in [5.74, 6) is 0.937. The van der Waals surface area contributed by atoms with Gasteiger partial charge >= 0.3 is 0 Å². The Labute approximate surface area is 58.1 Å². The lowest BCUT2D eigenvalue weighted by atomic mass is 10.4. The molecule has 0 aliphatic heterocycles. The van der Waals surface area contributed by atoms with Crippen molar-refractivity contribution < 1.29 is 4.98 Å². The Morgan fingerprint density at radius 2 is 2.50 bits per heavy atom. The van der Waals surface area contributed by atoms with Crippen LogP contribution in [0.25, 0.3) is 11.0 Å². The van der Waals surface area contributed by atoms with E-state index in [0.717, 1.165) is 16.9 Å². The Bertz CT molecular complexity index is 350. The van der Waals surface area contributed by atoms with E-state index in [2.05, 4.69) is 15.0 Å². The number of fused-ring (bicyclic) bond motifs is 1. The van der Waals surface area contributed by atoms with E-state index in [-0.39, 0.29) is 0 Å². The molecule has 3 nitrogen and oxygen atoms in total. The summed E-state index contributed by atoms with van der Waals surface area (Å²) < 4.78 is 0. The molecule has 2 heterocycles. The summed E-state index contributed by atoms with van der Waals surface area (Å²) in [6.07, 6.45) is 3.79. The second-order valence-corrected chi connectivity index (χ2v) is 2.26. The topological polar surface area (TPSA) is 42.8 Å². The molecule has 0 saturated heterocycles. The lowest BCUT2D eigenvalue weighted by Gasteiger charge is -1.80. The van der Waals surface area contributed by atoms with Crippen LogP contribution in [0.5, 0.6) is 0 Å². The smallest absolute Gasteiger partial charge is 0.293 e. The second kappa shape index (κ2) is 1.80. The van der Waals surface area contributed by atoms with Gasteiger partial charge in [-0.2, -0.15) is 0 Å². The molecular weight excluding hydrogens is 126 g/mol. The number of rotatable bonds is 0. The van der Waals surface area contributed by atoms with E-state index in [1.165, 1.54) is 0 Å². The molecule has 2 aromatic heterocycles. The quantitative estimate of drug-likeness (QED) is 0.565. The highest BCUT2D eigenvalue weighted by Gasteiger charge is 2.02. The summed E-state index contributed by atoms with van der Waals surface area (Å²) in [7, 11) is 0. The fourth-order valence-corrected chi connectivity index (χ4v) is 0.977. The zero-order chi connectivity index (χ0) is 6.97. The summed E-state index contributed by atoms with van der Waals surface area (Å²) in [4.78, 5) is 10.3. The Balaban J connectivity index is 2.86. The van der Waals surface area contributed by atoms with E-state index < -0.39 is 0 Å². The summed E-state index contributed by atoms with van der Waals surface area (Å²) in [6.45, 7) is 1.94. The molecule has 0 spiro atoms. The Morgan fingerprint density at radius 3 is 3.40 bits per heavy atom. The van der Waals surface area contributed by atoms with Gasteiger partial charge in [0.05, 0.1) is 0 Å². The minimum Gasteiger partial charge on any atom is -0.355 e. The number of nitrogens with zero attached hydrogens (tertiary/aromatic N) is 1. The van der Waals surface area contributed by atoms with Crippen molar-refractivity contribution in [2.24, 2.45) is 0 Å². The van der Waals surface area contributed by atoms with Crippen LogP contribution < -0.4 is 4.98 Å². The lowest BCUT2D eigenvalue weighted by molar-refractivity contribution is -0.390. The van der Waals surface area contributed by atoms with Crippen LogP contribution in [0, 0.1) is 6.92 Å². The van der Waals surface area contributed by atoms with Crippen molar-refractivity contribution in [3.8, 4) is 0 Å². The molecule has 0 fully saturated rings. The zero-order valence-electron chi connectivity index (χ0n) is 5.68. The molecule has 10 heavy (non-hydrogen) atoms. The van der Waals surface area contributed by atoms with Gasteiger partial charge in [0, 0.05) is 19.2 Å². The molecule has 0 radical (unpaired) electrons. The summed E-state index contributed by atoms with van der Waals surface area (Å²) in [6, 6.07) is 1.95. The summed E-state index contributed by atoms with van der Waals surface area (Å²) in [5, 5.41) is 0. The molecule has 0 aromatic carbocycles. The van der Waals surface area contributed by atoms with E-state index in [1.54, 1.807) is 0 Å². The van der Waals surface area contributed by atoms with Crippen molar-refractivity contribution in [1.82, 2.24) is 9.97 Å². The van der Waals surface area contributed by atoms with Gasteiger partial charge in [0.2, 0.25) is 5.52 Å². The van der Waals surface area contributed by atoms with E-state index >= 15 is 0 Å². The van der Waals surface area contributed by atoms with Crippen LogP contribution >= 0.6 is 0 Å². The van der Waals surface area contributed by atoms with Gasteiger partial charge in [-0.15, -0.1) is 0 Å². The second-order valence-electron chi connectivity index (χ2n) is 2.26. The number of H-pyrrole nitrogens is 2. The molecule has 2 aromatic rings. The molecule has 0 atom stereocenters. The van der Waals surface area contributed by atoms with Crippen molar-refractivity contribution in [3.05, 3.63) is 24.3 Å². The van der Waals surface area contributed by atoms with Gasteiger partial charge in [-0.1, -0.05) is 0 Å². The number of aromatic amines is 2. The van der Waals surface area contributed by atoms with Crippen molar-refractivity contribution in [1.29, 1.82) is 0 Å². The first-order chi connectivity index (χ1) is 4.86. The Morgan fingerprint density at radius 1 is 1.60 bits per heavy atom. The SMILES string of the molecule is Cc1nc2cc[nH]c2c[nH+]1. The maximum Gasteiger partial charge on any atom is 0.293 e. The molecule has 0 saturated carbocycles. The first-order valence-electron chi connectivity index (χ1n) is 3.19. The predicted octanol–water partition coefficient (Wildman–Crippen LogP) is 0.685. The van der Waals surface area contributed by atoms with Gasteiger partial charge in [0.15, 0.2) is 0 Å². The van der Waals surface area contributed by atoms with E-state index in [0.29, 0.717) is 0 Å². The van der Waals surface area contributed by atoms with Crippen molar-refractivity contribution in [2.45, 2.75) is 6.92 Å². The first kappa shape index (κ1) is 5.41. The highest BCUT2D eigenvalue weighted by atomic mass is 14.9. The van der Waals surface area contributed by atoms with Gasteiger partial charge in [-0.05, 0) is 4.98 Å². The number of hydrogen-bond acceptors (Lipinski definition) is 1. The standard InChI is InChI=1S/C7H7N3/c1-5-9-4-7-6(10-5)2-3-8-7/h2-4,8H,1H3/p+1. The van der Waals surface area contributed by atoms with Crippen LogP contribution in [0.1, 0.15) is 5.82 Å². The molecule has 0 aliphatic rings. The normalized spacial score (nSPS) is 10.5. The fourth-order valence-electron chi connectivity index (χ4n) is 0.977. The molecule has 0 unspecified atom stereocenters. The third kappa shape index (κ3) is 0.673. The van der Waals surface area contributed by atoms with Gasteiger partial charge in [0.25, 0.3) is 5.82 Å². The number of aryl methyl sites for hydroxylation is 1. The highest BCUT2D eigenvalue weighted by molar-refractivity contribution is 5.72. The minimum atomic E-state index is 0.937. The van der Waals surface area contributed by atoms with Crippen molar-refractivity contribution in [3.63, 3.8) is 0 Å². The van der Waals surface area contributed by atoms with Gasteiger partial charge < -0.3 is 4.98 Å². The largest absolute Gasteiger partial charge is 0.355 e. The van der Waals surface area contributed by atoms with E-state index in [4.69, 9.17) is 0 Å². The van der Waals surface area contributed by atoms with Gasteiger partial charge in [0.1, 0.15) is 11.7 Å².